The number of nitrogens with zero attached hydrogens (tertiary/aromatic N) is 5. The first kappa shape index (κ1) is 20.4. The van der Waals surface area contributed by atoms with Crippen molar-refractivity contribution in [1.29, 1.82) is 0 Å². The van der Waals surface area contributed by atoms with Crippen LogP contribution in [0.3, 0.4) is 0 Å². The van der Waals surface area contributed by atoms with Crippen LogP contribution in [0.2, 0.25) is 0 Å². The first-order valence-corrected chi connectivity index (χ1v) is 10.9. The van der Waals surface area contributed by atoms with E-state index in [9.17, 15) is 4.79 Å². The number of anilines is 4. The monoisotopic (exact) mass is 433 g/mol. The van der Waals surface area contributed by atoms with Crippen LogP contribution >= 0.6 is 0 Å². The van der Waals surface area contributed by atoms with Crippen molar-refractivity contribution in [2.24, 2.45) is 0 Å². The standard InChI is InChI=1S/C23H27N7O2/c1-4-18-20-21(30-10-9-17(32-3)11-19(30)22(31)27-20)28-23(26-18)25-15-5-7-16(8-6-15)29-12-14(2)24-13-29/h5-8,12-13,17,19H,4,9-11H2,1-3H3,(H,27,31)(H,25,26,28)/t17-,19+/m0/s1. The number of carbonyl (C=O) groups is 1. The third kappa shape index (κ3) is 3.69. The van der Waals surface area contributed by atoms with E-state index in [0.29, 0.717) is 18.8 Å². The predicted molar refractivity (Wildman–Crippen MR) is 123 cm³/mol. The lowest BCUT2D eigenvalue weighted by atomic mass is 9.96. The Morgan fingerprint density at radius 3 is 2.75 bits per heavy atom. The van der Waals surface area contributed by atoms with Gasteiger partial charge in [0.1, 0.15) is 11.7 Å². The molecule has 0 aliphatic carbocycles. The summed E-state index contributed by atoms with van der Waals surface area (Å²) in [6.45, 7) is 4.72. The highest BCUT2D eigenvalue weighted by molar-refractivity contribution is 6.03. The second kappa shape index (κ2) is 8.23. The largest absolute Gasteiger partial charge is 0.381 e. The molecule has 1 saturated heterocycles. The number of nitrogens with one attached hydrogen (secondary N) is 2. The van der Waals surface area contributed by atoms with E-state index in [1.165, 1.54) is 0 Å². The van der Waals surface area contributed by atoms with Crippen LogP contribution in [0.4, 0.5) is 23.1 Å². The van der Waals surface area contributed by atoms with Gasteiger partial charge in [0.05, 0.1) is 23.8 Å². The van der Waals surface area contributed by atoms with Crippen molar-refractivity contribution in [3.63, 3.8) is 0 Å². The number of ether oxygens (including phenoxy) is 1. The number of amides is 1. The van der Waals surface area contributed by atoms with Crippen LogP contribution in [0.15, 0.2) is 36.8 Å². The number of imidazole rings is 1. The lowest BCUT2D eigenvalue weighted by Gasteiger charge is -2.42. The molecule has 2 N–H and O–H groups in total. The maximum absolute atomic E-state index is 12.8. The van der Waals surface area contributed by atoms with Gasteiger partial charge in [-0.3, -0.25) is 4.79 Å². The average Bonchev–Trinajstić information content (AvgIpc) is 3.25. The summed E-state index contributed by atoms with van der Waals surface area (Å²) in [6.07, 6.45) is 6.09. The molecule has 9 nitrogen and oxygen atoms in total. The second-order valence-corrected chi connectivity index (χ2v) is 8.22. The molecule has 1 amide bonds. The zero-order valence-corrected chi connectivity index (χ0v) is 18.5. The smallest absolute Gasteiger partial charge is 0.247 e. The number of hydrogen-bond donors (Lipinski definition) is 2. The molecule has 0 radical (unpaired) electrons. The van der Waals surface area contributed by atoms with Gasteiger partial charge >= 0.3 is 0 Å². The molecule has 1 fully saturated rings. The molecule has 3 aromatic rings. The molecule has 166 valence electrons. The average molecular weight is 434 g/mol. The summed E-state index contributed by atoms with van der Waals surface area (Å²) in [5, 5.41) is 6.37. The highest BCUT2D eigenvalue weighted by Gasteiger charge is 2.40. The molecule has 32 heavy (non-hydrogen) atoms. The Balaban J connectivity index is 1.43. The second-order valence-electron chi connectivity index (χ2n) is 8.22. The number of benzene rings is 1. The summed E-state index contributed by atoms with van der Waals surface area (Å²) in [7, 11) is 1.70. The molecule has 9 heteroatoms. The lowest BCUT2D eigenvalue weighted by molar-refractivity contribution is -0.119. The zero-order chi connectivity index (χ0) is 22.2. The molecule has 4 heterocycles. The van der Waals surface area contributed by atoms with E-state index in [0.717, 1.165) is 47.2 Å². The van der Waals surface area contributed by atoms with Gasteiger partial charge in [0.15, 0.2) is 5.82 Å². The fourth-order valence-corrected chi connectivity index (χ4v) is 4.41. The van der Waals surface area contributed by atoms with Gasteiger partial charge < -0.3 is 24.8 Å². The van der Waals surface area contributed by atoms with E-state index in [4.69, 9.17) is 9.72 Å². The van der Waals surface area contributed by atoms with Gasteiger partial charge in [-0.25, -0.2) is 9.97 Å². The van der Waals surface area contributed by atoms with Crippen molar-refractivity contribution in [3.8, 4) is 5.69 Å². The molecule has 2 aliphatic heterocycles. The number of aryl methyl sites for hydroxylation is 2. The van der Waals surface area contributed by atoms with Gasteiger partial charge in [0, 0.05) is 37.6 Å². The summed E-state index contributed by atoms with van der Waals surface area (Å²) in [5.74, 6) is 1.29. The van der Waals surface area contributed by atoms with Crippen LogP contribution < -0.4 is 15.5 Å². The molecule has 1 aromatic carbocycles. The number of aromatic nitrogens is 4. The number of methoxy groups -OCH3 is 1. The Bertz CT molecular complexity index is 1140. The van der Waals surface area contributed by atoms with Crippen LogP contribution in [0, 0.1) is 6.92 Å². The molecule has 0 spiro atoms. The van der Waals surface area contributed by atoms with Crippen molar-refractivity contribution in [1.82, 2.24) is 19.5 Å². The molecule has 2 aliphatic rings. The molecule has 0 bridgehead atoms. The number of hydrogen-bond acceptors (Lipinski definition) is 7. The maximum atomic E-state index is 12.8. The van der Waals surface area contributed by atoms with Crippen molar-refractivity contribution in [2.45, 2.75) is 45.3 Å². The number of fused-ring (bicyclic) bond motifs is 3. The van der Waals surface area contributed by atoms with E-state index < -0.39 is 0 Å². The number of piperidine rings is 1. The molecule has 0 saturated carbocycles. The normalized spacial score (nSPS) is 19.8. The van der Waals surface area contributed by atoms with Gasteiger partial charge in [0.25, 0.3) is 0 Å². The summed E-state index contributed by atoms with van der Waals surface area (Å²) in [5.41, 5.74) is 4.44. The highest BCUT2D eigenvalue weighted by atomic mass is 16.5. The molecule has 5 rings (SSSR count). The van der Waals surface area contributed by atoms with E-state index >= 15 is 0 Å². The SMILES string of the molecule is CCc1nc(Nc2ccc(-n3cnc(C)c3)cc2)nc2c1NC(=O)[C@H]1C[C@@H](OC)CCN21. The maximum Gasteiger partial charge on any atom is 0.247 e. The predicted octanol–water partition coefficient (Wildman–Crippen LogP) is 3.21. The minimum Gasteiger partial charge on any atom is -0.381 e. The Hall–Kier alpha value is -3.46. The molecular weight excluding hydrogens is 406 g/mol. The molecule has 2 aromatic heterocycles. The first-order chi connectivity index (χ1) is 15.6. The first-order valence-electron chi connectivity index (χ1n) is 10.9. The summed E-state index contributed by atoms with van der Waals surface area (Å²) in [6, 6.07) is 7.76. The molecular formula is C23H27N7O2. The molecule has 0 unspecified atom stereocenters. The Morgan fingerprint density at radius 2 is 2.06 bits per heavy atom. The zero-order valence-electron chi connectivity index (χ0n) is 18.5. The van der Waals surface area contributed by atoms with Crippen LogP contribution in [-0.4, -0.2) is 51.2 Å². The minimum atomic E-state index is -0.272. The summed E-state index contributed by atoms with van der Waals surface area (Å²) >= 11 is 0. The van der Waals surface area contributed by atoms with Crippen molar-refractivity contribution >= 4 is 29.0 Å². The van der Waals surface area contributed by atoms with E-state index in [1.807, 2.05) is 48.9 Å². The van der Waals surface area contributed by atoms with Crippen molar-refractivity contribution in [3.05, 3.63) is 48.2 Å². The third-order valence-electron chi connectivity index (χ3n) is 6.14. The Morgan fingerprint density at radius 1 is 1.25 bits per heavy atom. The van der Waals surface area contributed by atoms with Gasteiger partial charge in [-0.15, -0.1) is 0 Å². The van der Waals surface area contributed by atoms with Crippen molar-refractivity contribution in [2.75, 3.05) is 29.2 Å². The van der Waals surface area contributed by atoms with E-state index in [-0.39, 0.29) is 18.1 Å². The highest BCUT2D eigenvalue weighted by Crippen LogP contribution is 2.38. The minimum absolute atomic E-state index is 0.0106. The third-order valence-corrected chi connectivity index (χ3v) is 6.14. The van der Waals surface area contributed by atoms with E-state index in [1.54, 1.807) is 13.4 Å². The van der Waals surface area contributed by atoms with Crippen LogP contribution in [-0.2, 0) is 16.0 Å². The van der Waals surface area contributed by atoms with Gasteiger partial charge in [0.2, 0.25) is 11.9 Å². The van der Waals surface area contributed by atoms with E-state index in [2.05, 4.69) is 25.5 Å². The molecule has 2 atom stereocenters. The quantitative estimate of drug-likeness (QED) is 0.638. The van der Waals surface area contributed by atoms with Crippen LogP contribution in [0.1, 0.15) is 31.2 Å². The van der Waals surface area contributed by atoms with Gasteiger partial charge in [-0.2, -0.15) is 4.98 Å². The fourth-order valence-electron chi connectivity index (χ4n) is 4.41. The summed E-state index contributed by atoms with van der Waals surface area (Å²) < 4.78 is 7.49. The van der Waals surface area contributed by atoms with Crippen LogP contribution in [0.5, 0.6) is 0 Å². The van der Waals surface area contributed by atoms with Crippen molar-refractivity contribution < 1.29 is 9.53 Å². The summed E-state index contributed by atoms with van der Waals surface area (Å²) in [4.78, 5) is 28.6. The van der Waals surface area contributed by atoms with Gasteiger partial charge in [-0.1, -0.05) is 6.92 Å². The number of carbonyl (C=O) groups excluding carboxylic acids is 1. The van der Waals surface area contributed by atoms with Crippen LogP contribution in [0.25, 0.3) is 5.69 Å². The Labute approximate surface area is 186 Å². The number of rotatable bonds is 5. The Kier molecular flexibility index (Phi) is 5.26. The van der Waals surface area contributed by atoms with Gasteiger partial charge in [-0.05, 0) is 44.0 Å². The lowest BCUT2D eigenvalue weighted by Crippen LogP contribution is -2.54. The topological polar surface area (TPSA) is 97.2 Å². The fraction of sp³-hybridized carbons (Fsp3) is 0.391.